The summed E-state index contributed by atoms with van der Waals surface area (Å²) < 4.78 is 61.5. The molecule has 1 rings (SSSR count). The molecule has 1 aromatic carbocycles. The molecule has 0 bridgehead atoms. The molecular weight excluding hydrogens is 335 g/mol. The quantitative estimate of drug-likeness (QED) is 0.520. The minimum absolute atomic E-state index is 0.0219. The number of carbonyl (C=O) groups is 2. The fourth-order valence-corrected chi connectivity index (χ4v) is 2.06. The Labute approximate surface area is 135 Å². The molecule has 0 unspecified atom stereocenters. The summed E-state index contributed by atoms with van der Waals surface area (Å²) >= 11 is 0. The molecule has 0 atom stereocenters. The van der Waals surface area contributed by atoms with Gasteiger partial charge >= 0.3 is 18.1 Å². The van der Waals surface area contributed by atoms with E-state index in [1.54, 1.807) is 12.1 Å². The number of aryl methyl sites for hydroxylation is 1. The Kier molecular flexibility index (Phi) is 6.86. The van der Waals surface area contributed by atoms with Gasteiger partial charge in [-0.25, -0.2) is 0 Å². The molecule has 1 N–H and O–H groups in total. The van der Waals surface area contributed by atoms with Crippen molar-refractivity contribution in [1.29, 1.82) is 0 Å². The van der Waals surface area contributed by atoms with Crippen LogP contribution in [0.1, 0.15) is 48.0 Å². The van der Waals surface area contributed by atoms with E-state index in [-0.39, 0.29) is 12.0 Å². The molecule has 3 nitrogen and oxygen atoms in total. The van der Waals surface area contributed by atoms with Gasteiger partial charge in [0.15, 0.2) is 5.78 Å². The second kappa shape index (κ2) is 8.21. The Hall–Kier alpha value is -1.99. The molecule has 0 aliphatic heterocycles. The first-order valence-corrected chi connectivity index (χ1v) is 7.31. The highest BCUT2D eigenvalue weighted by Crippen LogP contribution is 2.39. The van der Waals surface area contributed by atoms with Crippen LogP contribution in [0.2, 0.25) is 0 Å². The molecule has 0 radical (unpaired) electrons. The van der Waals surface area contributed by atoms with E-state index in [1.807, 2.05) is 0 Å². The van der Waals surface area contributed by atoms with Crippen LogP contribution >= 0.6 is 0 Å². The van der Waals surface area contributed by atoms with Crippen LogP contribution < -0.4 is 0 Å². The highest BCUT2D eigenvalue weighted by atomic mass is 19.4. The predicted octanol–water partition coefficient (Wildman–Crippen LogP) is 4.64. The van der Waals surface area contributed by atoms with E-state index in [2.05, 4.69) is 0 Å². The van der Waals surface area contributed by atoms with Gasteiger partial charge in [-0.15, -0.1) is 0 Å². The molecule has 0 fully saturated rings. The molecule has 0 amide bonds. The average molecular weight is 352 g/mol. The van der Waals surface area contributed by atoms with E-state index in [0.717, 1.165) is 5.56 Å². The maximum Gasteiger partial charge on any atom is 0.453 e. The predicted molar refractivity (Wildman–Crippen MR) is 76.2 cm³/mol. The summed E-state index contributed by atoms with van der Waals surface area (Å²) in [6.07, 6.45) is -7.01. The third-order valence-electron chi connectivity index (χ3n) is 3.44. The van der Waals surface area contributed by atoms with Crippen molar-refractivity contribution in [2.45, 2.75) is 50.6 Å². The van der Waals surface area contributed by atoms with Gasteiger partial charge in [0.1, 0.15) is 0 Å². The summed E-state index contributed by atoms with van der Waals surface area (Å²) in [5.41, 5.74) is 1.05. The van der Waals surface area contributed by atoms with Gasteiger partial charge in [-0.1, -0.05) is 24.3 Å². The molecule has 0 aromatic heterocycles. The van der Waals surface area contributed by atoms with Crippen molar-refractivity contribution in [3.8, 4) is 0 Å². The smallest absolute Gasteiger partial charge is 0.453 e. The number of carbonyl (C=O) groups excluding carboxylic acids is 1. The van der Waals surface area contributed by atoms with E-state index >= 15 is 0 Å². The largest absolute Gasteiger partial charge is 0.481 e. The standard InChI is InChI=1S/C16H17F5O3/c17-15(18,16(19,20)21)10-2-4-13(22)12-8-6-11(7-9-12)3-1-5-14(23)24/h6-9H,1-5,10H2,(H,23,24). The first kappa shape index (κ1) is 20.1. The van der Waals surface area contributed by atoms with E-state index in [0.29, 0.717) is 12.8 Å². The average Bonchev–Trinajstić information content (AvgIpc) is 2.46. The maximum atomic E-state index is 12.7. The summed E-state index contributed by atoms with van der Waals surface area (Å²) in [4.78, 5) is 22.2. The van der Waals surface area contributed by atoms with Crippen LogP contribution in [0, 0.1) is 0 Å². The SMILES string of the molecule is O=C(O)CCCc1ccc(C(=O)CCCC(F)(F)C(F)(F)F)cc1. The minimum atomic E-state index is -5.60. The molecule has 1 aromatic rings. The Bertz CT molecular complexity index is 564. The molecule has 0 saturated heterocycles. The maximum absolute atomic E-state index is 12.7. The Balaban J connectivity index is 2.47. The summed E-state index contributed by atoms with van der Waals surface area (Å²) in [6.45, 7) is 0. The summed E-state index contributed by atoms with van der Waals surface area (Å²) in [5.74, 6) is -6.20. The van der Waals surface area contributed by atoms with E-state index < -0.39 is 43.1 Å². The first-order chi connectivity index (χ1) is 11.0. The number of Topliss-reactive ketones (excluding diaryl/α,β-unsaturated/α-hetero) is 1. The zero-order valence-electron chi connectivity index (χ0n) is 12.7. The third kappa shape index (κ3) is 6.25. The lowest BCUT2D eigenvalue weighted by Gasteiger charge is -2.19. The van der Waals surface area contributed by atoms with Crippen LogP contribution in [0.4, 0.5) is 22.0 Å². The molecule has 0 aliphatic carbocycles. The Morgan fingerprint density at radius 3 is 2.00 bits per heavy atom. The molecule has 0 aliphatic rings. The lowest BCUT2D eigenvalue weighted by Crippen LogP contribution is -2.36. The number of hydrogen-bond acceptors (Lipinski definition) is 2. The number of alkyl halides is 5. The van der Waals surface area contributed by atoms with Gasteiger partial charge < -0.3 is 5.11 Å². The second-order valence-electron chi connectivity index (χ2n) is 5.42. The van der Waals surface area contributed by atoms with Crippen molar-refractivity contribution in [1.82, 2.24) is 0 Å². The highest BCUT2D eigenvalue weighted by molar-refractivity contribution is 5.96. The van der Waals surface area contributed by atoms with Crippen molar-refractivity contribution in [2.75, 3.05) is 0 Å². The fourth-order valence-electron chi connectivity index (χ4n) is 2.06. The molecule has 0 spiro atoms. The van der Waals surface area contributed by atoms with E-state index in [1.165, 1.54) is 12.1 Å². The third-order valence-corrected chi connectivity index (χ3v) is 3.44. The lowest BCUT2D eigenvalue weighted by atomic mass is 10.0. The Morgan fingerprint density at radius 2 is 1.50 bits per heavy atom. The molecule has 0 heterocycles. The number of halogens is 5. The molecular formula is C16H17F5O3. The Morgan fingerprint density at radius 1 is 0.917 bits per heavy atom. The summed E-state index contributed by atoms with van der Waals surface area (Å²) in [5, 5.41) is 8.53. The molecule has 24 heavy (non-hydrogen) atoms. The van der Waals surface area contributed by atoms with Crippen LogP contribution in [-0.4, -0.2) is 29.0 Å². The monoisotopic (exact) mass is 352 g/mol. The number of hydrogen-bond donors (Lipinski definition) is 1. The topological polar surface area (TPSA) is 54.4 Å². The van der Waals surface area contributed by atoms with Gasteiger partial charge in [0, 0.05) is 24.8 Å². The van der Waals surface area contributed by atoms with Crippen molar-refractivity contribution in [3.63, 3.8) is 0 Å². The summed E-state index contributed by atoms with van der Waals surface area (Å²) in [7, 11) is 0. The van der Waals surface area contributed by atoms with Crippen LogP contribution in [0.5, 0.6) is 0 Å². The van der Waals surface area contributed by atoms with Crippen molar-refractivity contribution < 1.29 is 36.6 Å². The van der Waals surface area contributed by atoms with Gasteiger partial charge in [0.25, 0.3) is 0 Å². The lowest BCUT2D eigenvalue weighted by molar-refractivity contribution is -0.284. The van der Waals surface area contributed by atoms with Crippen molar-refractivity contribution in [2.24, 2.45) is 0 Å². The number of rotatable bonds is 9. The molecule has 8 heteroatoms. The van der Waals surface area contributed by atoms with Crippen LogP contribution in [0.25, 0.3) is 0 Å². The molecule has 134 valence electrons. The number of ketones is 1. The van der Waals surface area contributed by atoms with Gasteiger partial charge in [-0.3, -0.25) is 9.59 Å². The number of aliphatic carboxylic acids is 1. The van der Waals surface area contributed by atoms with E-state index in [9.17, 15) is 31.5 Å². The zero-order valence-corrected chi connectivity index (χ0v) is 12.7. The summed E-state index contributed by atoms with van der Waals surface area (Å²) in [6, 6.07) is 6.14. The van der Waals surface area contributed by atoms with Gasteiger partial charge in [0.2, 0.25) is 0 Å². The fraction of sp³-hybridized carbons (Fsp3) is 0.500. The zero-order chi connectivity index (χ0) is 18.4. The van der Waals surface area contributed by atoms with Gasteiger partial charge in [0.05, 0.1) is 0 Å². The number of benzene rings is 1. The normalized spacial score (nSPS) is 12.2. The minimum Gasteiger partial charge on any atom is -0.481 e. The first-order valence-electron chi connectivity index (χ1n) is 7.31. The van der Waals surface area contributed by atoms with Crippen molar-refractivity contribution >= 4 is 11.8 Å². The van der Waals surface area contributed by atoms with Crippen molar-refractivity contribution in [3.05, 3.63) is 35.4 Å². The van der Waals surface area contributed by atoms with Gasteiger partial charge in [-0.05, 0) is 24.8 Å². The number of carboxylic acids is 1. The number of carboxylic acid groups (broad SMARTS) is 1. The van der Waals surface area contributed by atoms with Crippen LogP contribution in [-0.2, 0) is 11.2 Å². The van der Waals surface area contributed by atoms with Crippen LogP contribution in [0.15, 0.2) is 24.3 Å². The van der Waals surface area contributed by atoms with Crippen LogP contribution in [0.3, 0.4) is 0 Å². The van der Waals surface area contributed by atoms with Gasteiger partial charge in [-0.2, -0.15) is 22.0 Å². The highest BCUT2D eigenvalue weighted by Gasteiger charge is 2.56. The second-order valence-corrected chi connectivity index (χ2v) is 5.42. The van der Waals surface area contributed by atoms with E-state index in [4.69, 9.17) is 5.11 Å². The molecule has 0 saturated carbocycles.